The Kier molecular flexibility index (Phi) is 3.88. The minimum Gasteiger partial charge on any atom is -0.381 e. The van der Waals surface area contributed by atoms with Gasteiger partial charge in [-0.05, 0) is 6.42 Å². The van der Waals surface area contributed by atoms with Gasteiger partial charge in [0.25, 0.3) is 0 Å². The third kappa shape index (κ3) is 2.68. The first kappa shape index (κ1) is 9.86. The number of hydrogen-bond acceptors (Lipinski definition) is 3. The maximum Gasteiger partial charge on any atom is 0.150 e. The zero-order chi connectivity index (χ0) is 8.97. The standard InChI is InChI=1S/C8H14O3S/c1-2-12(10)6-8(9)7-3-4-11-5-7/h7H,2-6H2,1H3. The lowest BCUT2D eigenvalue weighted by Crippen LogP contribution is -2.21. The molecule has 2 atom stereocenters. The summed E-state index contributed by atoms with van der Waals surface area (Å²) in [6, 6.07) is 0. The molecule has 2 unspecified atom stereocenters. The van der Waals surface area contributed by atoms with Crippen LogP contribution < -0.4 is 0 Å². The van der Waals surface area contributed by atoms with Crippen LogP contribution in [0.1, 0.15) is 13.3 Å². The Labute approximate surface area is 74.9 Å². The van der Waals surface area contributed by atoms with E-state index in [1.54, 1.807) is 0 Å². The number of Topliss-reactive ketones (excluding diaryl/α,β-unsaturated/α-hetero) is 1. The van der Waals surface area contributed by atoms with Gasteiger partial charge >= 0.3 is 0 Å². The van der Waals surface area contributed by atoms with Gasteiger partial charge in [-0.25, -0.2) is 0 Å². The first-order valence-electron chi connectivity index (χ1n) is 4.19. The highest BCUT2D eigenvalue weighted by Gasteiger charge is 2.24. The van der Waals surface area contributed by atoms with E-state index in [1.165, 1.54) is 0 Å². The highest BCUT2D eigenvalue weighted by molar-refractivity contribution is 7.85. The lowest BCUT2D eigenvalue weighted by Gasteiger charge is -2.04. The van der Waals surface area contributed by atoms with Gasteiger partial charge in [0.2, 0.25) is 0 Å². The van der Waals surface area contributed by atoms with Gasteiger partial charge in [-0.2, -0.15) is 0 Å². The molecule has 0 aromatic heterocycles. The molecule has 1 aliphatic heterocycles. The van der Waals surface area contributed by atoms with E-state index in [0.29, 0.717) is 19.0 Å². The molecule has 0 spiro atoms. The highest BCUT2D eigenvalue weighted by atomic mass is 32.2. The van der Waals surface area contributed by atoms with Crippen molar-refractivity contribution in [2.75, 3.05) is 24.7 Å². The van der Waals surface area contributed by atoms with Crippen LogP contribution in [-0.2, 0) is 20.3 Å². The van der Waals surface area contributed by atoms with E-state index in [1.807, 2.05) is 6.92 Å². The second kappa shape index (κ2) is 4.72. The minimum absolute atomic E-state index is 0.0144. The molecule has 4 heteroatoms. The third-order valence-electron chi connectivity index (χ3n) is 2.01. The van der Waals surface area contributed by atoms with Crippen molar-refractivity contribution in [1.29, 1.82) is 0 Å². The van der Waals surface area contributed by atoms with Crippen molar-refractivity contribution < 1.29 is 13.7 Å². The van der Waals surface area contributed by atoms with Gasteiger partial charge in [-0.15, -0.1) is 0 Å². The summed E-state index contributed by atoms with van der Waals surface area (Å²) in [6.45, 7) is 3.03. The molecule has 3 nitrogen and oxygen atoms in total. The predicted molar refractivity (Wildman–Crippen MR) is 47.5 cm³/mol. The molecule has 0 aliphatic carbocycles. The van der Waals surface area contributed by atoms with E-state index < -0.39 is 10.8 Å². The molecule has 1 heterocycles. The summed E-state index contributed by atoms with van der Waals surface area (Å²) in [5.74, 6) is 0.900. The van der Waals surface area contributed by atoms with Crippen molar-refractivity contribution in [3.8, 4) is 0 Å². The van der Waals surface area contributed by atoms with E-state index in [9.17, 15) is 9.00 Å². The lowest BCUT2D eigenvalue weighted by atomic mass is 10.1. The quantitative estimate of drug-likeness (QED) is 0.643. The van der Waals surface area contributed by atoms with Crippen LogP contribution in [0.4, 0.5) is 0 Å². The SMILES string of the molecule is CCS(=O)CC(=O)C1CCOC1. The van der Waals surface area contributed by atoms with Crippen molar-refractivity contribution in [3.05, 3.63) is 0 Å². The van der Waals surface area contributed by atoms with Crippen LogP contribution in [0.2, 0.25) is 0 Å². The highest BCUT2D eigenvalue weighted by Crippen LogP contribution is 2.13. The average Bonchev–Trinajstić information content (AvgIpc) is 2.56. The second-order valence-corrected chi connectivity index (χ2v) is 4.65. The average molecular weight is 190 g/mol. The second-order valence-electron chi connectivity index (χ2n) is 2.90. The van der Waals surface area contributed by atoms with Crippen molar-refractivity contribution >= 4 is 16.6 Å². The minimum atomic E-state index is -0.958. The first-order valence-corrected chi connectivity index (χ1v) is 5.68. The van der Waals surface area contributed by atoms with Crippen LogP contribution in [-0.4, -0.2) is 34.7 Å². The normalized spacial score (nSPS) is 25.6. The molecule has 1 saturated heterocycles. The van der Waals surface area contributed by atoms with Gasteiger partial charge in [0.1, 0.15) is 0 Å². The molecule has 0 saturated carbocycles. The topological polar surface area (TPSA) is 43.4 Å². The summed E-state index contributed by atoms with van der Waals surface area (Å²) < 4.78 is 16.1. The fourth-order valence-corrected chi connectivity index (χ4v) is 1.92. The van der Waals surface area contributed by atoms with E-state index in [4.69, 9.17) is 4.74 Å². The van der Waals surface area contributed by atoms with Gasteiger partial charge in [0.05, 0.1) is 12.4 Å². The fraction of sp³-hybridized carbons (Fsp3) is 0.875. The molecule has 1 fully saturated rings. The zero-order valence-corrected chi connectivity index (χ0v) is 8.06. The third-order valence-corrected chi connectivity index (χ3v) is 3.26. The number of hydrogen-bond donors (Lipinski definition) is 0. The van der Waals surface area contributed by atoms with Gasteiger partial charge in [0.15, 0.2) is 5.78 Å². The van der Waals surface area contributed by atoms with Gasteiger partial charge < -0.3 is 4.74 Å². The van der Waals surface area contributed by atoms with Crippen LogP contribution in [0, 0.1) is 5.92 Å². The molecular weight excluding hydrogens is 176 g/mol. The molecule has 70 valence electrons. The molecule has 0 radical (unpaired) electrons. The van der Waals surface area contributed by atoms with Crippen molar-refractivity contribution in [2.45, 2.75) is 13.3 Å². The van der Waals surface area contributed by atoms with E-state index in [-0.39, 0.29) is 17.5 Å². The summed E-state index contributed by atoms with van der Waals surface area (Å²) in [6.07, 6.45) is 0.805. The Bertz CT molecular complexity index is 185. The number of carbonyl (C=O) groups excluding carboxylic acids is 1. The van der Waals surface area contributed by atoms with Crippen molar-refractivity contribution in [2.24, 2.45) is 5.92 Å². The molecule has 1 aliphatic rings. The van der Waals surface area contributed by atoms with Crippen LogP contribution in [0.3, 0.4) is 0 Å². The Morgan fingerprint density at radius 3 is 2.92 bits per heavy atom. The summed E-state index contributed by atoms with van der Waals surface area (Å²) in [7, 11) is -0.958. The van der Waals surface area contributed by atoms with E-state index in [2.05, 4.69) is 0 Å². The first-order chi connectivity index (χ1) is 5.74. The van der Waals surface area contributed by atoms with E-state index in [0.717, 1.165) is 6.42 Å². The summed E-state index contributed by atoms with van der Waals surface area (Å²) in [5.41, 5.74) is 0. The smallest absolute Gasteiger partial charge is 0.150 e. The fourth-order valence-electron chi connectivity index (χ4n) is 1.17. The van der Waals surface area contributed by atoms with Crippen molar-refractivity contribution in [3.63, 3.8) is 0 Å². The number of ketones is 1. The Morgan fingerprint density at radius 1 is 1.67 bits per heavy atom. The van der Waals surface area contributed by atoms with Gasteiger partial charge in [0, 0.05) is 29.1 Å². The molecule has 0 aromatic carbocycles. The van der Waals surface area contributed by atoms with Crippen LogP contribution in [0.15, 0.2) is 0 Å². The Balaban J connectivity index is 2.32. The molecule has 12 heavy (non-hydrogen) atoms. The summed E-state index contributed by atoms with van der Waals surface area (Å²) in [5, 5.41) is 0. The Morgan fingerprint density at radius 2 is 2.42 bits per heavy atom. The maximum atomic E-state index is 11.3. The predicted octanol–water partition coefficient (Wildman–Crippen LogP) is 0.361. The number of carbonyl (C=O) groups is 1. The van der Waals surface area contributed by atoms with Gasteiger partial charge in [-0.3, -0.25) is 9.00 Å². The largest absolute Gasteiger partial charge is 0.381 e. The molecule has 0 bridgehead atoms. The number of ether oxygens (including phenoxy) is 1. The monoisotopic (exact) mass is 190 g/mol. The lowest BCUT2D eigenvalue weighted by molar-refractivity contribution is -0.120. The molecular formula is C8H14O3S. The van der Waals surface area contributed by atoms with Crippen molar-refractivity contribution in [1.82, 2.24) is 0 Å². The number of rotatable bonds is 4. The molecule has 0 aromatic rings. The van der Waals surface area contributed by atoms with Gasteiger partial charge in [-0.1, -0.05) is 6.92 Å². The maximum absolute atomic E-state index is 11.3. The summed E-state index contributed by atoms with van der Waals surface area (Å²) in [4.78, 5) is 11.3. The molecule has 0 amide bonds. The molecule has 1 rings (SSSR count). The summed E-state index contributed by atoms with van der Waals surface area (Å²) >= 11 is 0. The van der Waals surface area contributed by atoms with Crippen LogP contribution in [0.5, 0.6) is 0 Å². The zero-order valence-electron chi connectivity index (χ0n) is 7.25. The molecule has 0 N–H and O–H groups in total. The van der Waals surface area contributed by atoms with Crippen LogP contribution in [0.25, 0.3) is 0 Å². The van der Waals surface area contributed by atoms with Crippen LogP contribution >= 0.6 is 0 Å². The van der Waals surface area contributed by atoms with E-state index >= 15 is 0 Å². The Hall–Kier alpha value is -0.220.